The van der Waals surface area contributed by atoms with Crippen LogP contribution in [0.3, 0.4) is 0 Å². The zero-order chi connectivity index (χ0) is 13.0. The van der Waals surface area contributed by atoms with Crippen LogP contribution in [-0.4, -0.2) is 30.6 Å². The Kier molecular flexibility index (Phi) is 2.31. The number of fused-ring (bicyclic) bond motifs is 3. The number of rotatable bonds is 2. The van der Waals surface area contributed by atoms with Crippen molar-refractivity contribution in [2.45, 2.75) is 24.0 Å². The minimum atomic E-state index is -1.17. The highest BCUT2D eigenvalue weighted by atomic mass is 32.2. The number of aromatic nitrogens is 4. The normalized spacial score (nSPS) is 17.2. The van der Waals surface area contributed by atoms with E-state index in [1.165, 1.54) is 12.8 Å². The average Bonchev–Trinajstić information content (AvgIpc) is 3.17. The van der Waals surface area contributed by atoms with Crippen LogP contribution in [0, 0.1) is 0 Å². The molecule has 0 N–H and O–H groups in total. The zero-order valence-corrected chi connectivity index (χ0v) is 11.2. The molecule has 2 aromatic heterocycles. The highest BCUT2D eigenvalue weighted by Gasteiger charge is 2.27. The van der Waals surface area contributed by atoms with E-state index in [4.69, 9.17) is 0 Å². The Hall–Kier alpha value is -1.66. The molecular formula is C13H12N4OS. The van der Waals surface area contributed by atoms with Gasteiger partial charge in [0.2, 0.25) is 0 Å². The minimum absolute atomic E-state index is 0.378. The van der Waals surface area contributed by atoms with Gasteiger partial charge in [0, 0.05) is 28.1 Å². The second kappa shape index (κ2) is 3.91. The number of nitrogens with zero attached hydrogens (tertiary/aromatic N) is 4. The summed E-state index contributed by atoms with van der Waals surface area (Å²) < 4.78 is 13.6. The Bertz CT molecular complexity index is 779. The van der Waals surface area contributed by atoms with Gasteiger partial charge in [0.25, 0.3) is 0 Å². The molecule has 0 radical (unpaired) electrons. The molecule has 2 heterocycles. The van der Waals surface area contributed by atoms with Crippen molar-refractivity contribution in [3.8, 4) is 0 Å². The van der Waals surface area contributed by atoms with Gasteiger partial charge in [-0.1, -0.05) is 12.1 Å². The summed E-state index contributed by atoms with van der Waals surface area (Å²) in [5.41, 5.74) is 1.89. The van der Waals surface area contributed by atoms with Gasteiger partial charge < -0.3 is 4.55 Å². The van der Waals surface area contributed by atoms with E-state index in [9.17, 15) is 4.55 Å². The van der Waals surface area contributed by atoms with Crippen LogP contribution in [0.5, 0.6) is 0 Å². The fraction of sp³-hybridized carbons (Fsp3) is 0.308. The van der Waals surface area contributed by atoms with Gasteiger partial charge in [-0.05, 0) is 12.8 Å². The lowest BCUT2D eigenvalue weighted by molar-refractivity contribution is 0.592. The molecule has 1 unspecified atom stereocenters. The predicted molar refractivity (Wildman–Crippen MR) is 73.4 cm³/mol. The van der Waals surface area contributed by atoms with Crippen molar-refractivity contribution in [1.82, 2.24) is 19.7 Å². The first-order chi connectivity index (χ1) is 9.24. The smallest absolute Gasteiger partial charge is 0.343 e. The third kappa shape index (κ3) is 1.71. The number of benzene rings is 1. The molecule has 1 aliphatic carbocycles. The summed E-state index contributed by atoms with van der Waals surface area (Å²) in [4.78, 5) is 8.62. The maximum atomic E-state index is 11.6. The van der Waals surface area contributed by atoms with Crippen LogP contribution in [0.15, 0.2) is 29.7 Å². The van der Waals surface area contributed by atoms with Crippen LogP contribution in [0.4, 0.5) is 0 Å². The van der Waals surface area contributed by atoms with Crippen LogP contribution in [0.25, 0.3) is 21.8 Å². The molecule has 96 valence electrons. The van der Waals surface area contributed by atoms with Crippen molar-refractivity contribution < 1.29 is 4.55 Å². The van der Waals surface area contributed by atoms with Gasteiger partial charge in [0.05, 0.1) is 17.8 Å². The molecule has 5 nitrogen and oxygen atoms in total. The lowest BCUT2D eigenvalue weighted by atomic mass is 10.2. The van der Waals surface area contributed by atoms with E-state index in [0.717, 1.165) is 21.8 Å². The van der Waals surface area contributed by atoms with Crippen LogP contribution >= 0.6 is 0 Å². The van der Waals surface area contributed by atoms with Gasteiger partial charge in [-0.3, -0.25) is 4.68 Å². The third-order valence-corrected chi connectivity index (χ3v) is 4.15. The molecular weight excluding hydrogens is 260 g/mol. The maximum absolute atomic E-state index is 11.6. The first kappa shape index (κ1) is 11.2. The van der Waals surface area contributed by atoms with Gasteiger partial charge in [-0.15, -0.1) is 0 Å². The monoisotopic (exact) mass is 272 g/mol. The Balaban J connectivity index is 2.09. The van der Waals surface area contributed by atoms with Crippen molar-refractivity contribution >= 4 is 33.0 Å². The van der Waals surface area contributed by atoms with Gasteiger partial charge >= 0.3 is 5.16 Å². The molecule has 1 aromatic carbocycles. The highest BCUT2D eigenvalue weighted by molar-refractivity contribution is 7.90. The van der Waals surface area contributed by atoms with Crippen molar-refractivity contribution in [2.75, 3.05) is 6.26 Å². The SMILES string of the molecule is C[S+]([O-])c1ncc2ccc3cnn(C4CC4)c3c2n1. The van der Waals surface area contributed by atoms with Gasteiger partial charge in [-0.2, -0.15) is 15.1 Å². The molecule has 0 bridgehead atoms. The van der Waals surface area contributed by atoms with E-state index in [2.05, 4.69) is 15.1 Å². The molecule has 6 heteroatoms. The number of hydrogen-bond acceptors (Lipinski definition) is 4. The van der Waals surface area contributed by atoms with E-state index >= 15 is 0 Å². The van der Waals surface area contributed by atoms with E-state index in [0.29, 0.717) is 11.2 Å². The maximum Gasteiger partial charge on any atom is 0.343 e. The quantitative estimate of drug-likeness (QED) is 0.529. The van der Waals surface area contributed by atoms with Crippen molar-refractivity contribution in [2.24, 2.45) is 0 Å². The first-order valence-electron chi connectivity index (χ1n) is 6.20. The molecule has 0 aliphatic heterocycles. The summed E-state index contributed by atoms with van der Waals surface area (Å²) in [7, 11) is 0. The molecule has 1 aliphatic rings. The molecule has 4 rings (SSSR count). The molecule has 3 aromatic rings. The summed E-state index contributed by atoms with van der Waals surface area (Å²) >= 11 is -1.17. The molecule has 19 heavy (non-hydrogen) atoms. The minimum Gasteiger partial charge on any atom is -0.609 e. The summed E-state index contributed by atoms with van der Waals surface area (Å²) in [6.45, 7) is 0. The Morgan fingerprint density at radius 2 is 2.05 bits per heavy atom. The number of hydrogen-bond donors (Lipinski definition) is 0. The molecule has 0 saturated heterocycles. The topological polar surface area (TPSA) is 66.7 Å². The van der Waals surface area contributed by atoms with Crippen molar-refractivity contribution in [3.05, 3.63) is 24.5 Å². The summed E-state index contributed by atoms with van der Waals surface area (Å²) in [5, 5.41) is 6.88. The molecule has 0 amide bonds. The van der Waals surface area contributed by atoms with E-state index < -0.39 is 11.2 Å². The largest absolute Gasteiger partial charge is 0.609 e. The van der Waals surface area contributed by atoms with Crippen LogP contribution in [-0.2, 0) is 11.2 Å². The van der Waals surface area contributed by atoms with Crippen LogP contribution < -0.4 is 0 Å². The van der Waals surface area contributed by atoms with Crippen molar-refractivity contribution in [3.63, 3.8) is 0 Å². The highest BCUT2D eigenvalue weighted by Crippen LogP contribution is 2.38. The van der Waals surface area contributed by atoms with E-state index in [1.54, 1.807) is 12.5 Å². The second-order valence-electron chi connectivity index (χ2n) is 4.87. The fourth-order valence-corrected chi connectivity index (χ4v) is 2.76. The average molecular weight is 272 g/mol. The van der Waals surface area contributed by atoms with Crippen LogP contribution in [0.1, 0.15) is 18.9 Å². The summed E-state index contributed by atoms with van der Waals surface area (Å²) in [5.74, 6) is 0. The first-order valence-corrected chi connectivity index (χ1v) is 7.76. The van der Waals surface area contributed by atoms with E-state index in [-0.39, 0.29) is 0 Å². The zero-order valence-electron chi connectivity index (χ0n) is 10.4. The summed E-state index contributed by atoms with van der Waals surface area (Å²) in [6.07, 6.45) is 7.55. The Labute approximate surface area is 112 Å². The van der Waals surface area contributed by atoms with Crippen LogP contribution in [0.2, 0.25) is 0 Å². The third-order valence-electron chi connectivity index (χ3n) is 3.44. The van der Waals surface area contributed by atoms with E-state index in [1.807, 2.05) is 23.0 Å². The lowest BCUT2D eigenvalue weighted by Crippen LogP contribution is -2.05. The molecule has 1 atom stereocenters. The Morgan fingerprint density at radius 3 is 2.79 bits per heavy atom. The standard InChI is InChI=1S/C13H12N4OS/c1-19(18)13-14-6-8-2-3-9-7-15-17(10-4-5-10)12(9)11(8)16-13/h2-3,6-7,10H,4-5H2,1H3. The van der Waals surface area contributed by atoms with Gasteiger partial charge in [0.15, 0.2) is 0 Å². The Morgan fingerprint density at radius 1 is 1.26 bits per heavy atom. The van der Waals surface area contributed by atoms with Gasteiger partial charge in [0.1, 0.15) is 11.8 Å². The lowest BCUT2D eigenvalue weighted by Gasteiger charge is -2.06. The predicted octanol–water partition coefficient (Wildman–Crippen LogP) is 2.05. The summed E-state index contributed by atoms with van der Waals surface area (Å²) in [6, 6.07) is 4.52. The van der Waals surface area contributed by atoms with Gasteiger partial charge in [-0.25, -0.2) is 0 Å². The second-order valence-corrected chi connectivity index (χ2v) is 6.14. The van der Waals surface area contributed by atoms with Crippen molar-refractivity contribution in [1.29, 1.82) is 0 Å². The molecule has 1 fully saturated rings. The molecule has 1 saturated carbocycles. The molecule has 0 spiro atoms. The fourth-order valence-electron chi connectivity index (χ4n) is 2.34.